The third kappa shape index (κ3) is 3.69. The van der Waals surface area contributed by atoms with Gasteiger partial charge in [0.15, 0.2) is 6.04 Å². The topological polar surface area (TPSA) is 97.1 Å². The number of carboxylic acids is 1. The number of hydrogen-bond donors (Lipinski definition) is 2. The fourth-order valence-electron chi connectivity index (χ4n) is 2.33. The Labute approximate surface area is 141 Å². The molecule has 0 saturated heterocycles. The first-order chi connectivity index (χ1) is 12.0. The molecule has 0 fully saturated rings. The summed E-state index contributed by atoms with van der Waals surface area (Å²) >= 11 is 0. The van der Waals surface area contributed by atoms with E-state index in [0.717, 1.165) is 6.07 Å². The monoisotopic (exact) mass is 340 g/mol. The Kier molecular flexibility index (Phi) is 4.51. The maximum absolute atomic E-state index is 13.3. The van der Waals surface area contributed by atoms with Gasteiger partial charge in [0.25, 0.3) is 5.91 Å². The van der Waals surface area contributed by atoms with E-state index in [4.69, 9.17) is 0 Å². The predicted molar refractivity (Wildman–Crippen MR) is 85.6 cm³/mol. The normalized spacial score (nSPS) is 11.7. The number of nitrogens with zero attached hydrogens (tertiary/aromatic N) is 3. The van der Waals surface area contributed by atoms with E-state index in [-0.39, 0.29) is 11.1 Å². The van der Waals surface area contributed by atoms with Crippen molar-refractivity contribution >= 4 is 11.9 Å². The van der Waals surface area contributed by atoms with E-state index in [1.807, 2.05) is 0 Å². The minimum absolute atomic E-state index is 0.149. The van der Waals surface area contributed by atoms with E-state index >= 15 is 0 Å². The highest BCUT2D eigenvalue weighted by Gasteiger charge is 2.23. The highest BCUT2D eigenvalue weighted by molar-refractivity contribution is 5.97. The molecule has 0 aliphatic carbocycles. The van der Waals surface area contributed by atoms with Gasteiger partial charge in [0, 0.05) is 11.3 Å². The molecule has 2 N–H and O–H groups in total. The smallest absolute Gasteiger partial charge is 0.330 e. The molecule has 0 aliphatic heterocycles. The first-order valence-electron chi connectivity index (χ1n) is 7.29. The maximum Gasteiger partial charge on any atom is 0.330 e. The van der Waals surface area contributed by atoms with Crippen LogP contribution in [0.1, 0.15) is 22.0 Å². The summed E-state index contributed by atoms with van der Waals surface area (Å²) < 4.78 is 15.0. The van der Waals surface area contributed by atoms with Gasteiger partial charge in [-0.1, -0.05) is 18.2 Å². The van der Waals surface area contributed by atoms with Gasteiger partial charge in [-0.15, -0.1) is 10.2 Å². The zero-order valence-corrected chi connectivity index (χ0v) is 12.8. The summed E-state index contributed by atoms with van der Waals surface area (Å²) in [6.07, 6.45) is 2.95. The molecule has 25 heavy (non-hydrogen) atoms. The second-order valence-electron chi connectivity index (χ2n) is 5.22. The quantitative estimate of drug-likeness (QED) is 0.740. The van der Waals surface area contributed by atoms with Gasteiger partial charge in [-0.3, -0.25) is 9.36 Å². The van der Waals surface area contributed by atoms with E-state index in [1.54, 1.807) is 28.8 Å². The fourth-order valence-corrected chi connectivity index (χ4v) is 2.33. The van der Waals surface area contributed by atoms with Crippen LogP contribution in [-0.2, 0) is 4.79 Å². The molecule has 7 nitrogen and oxygen atoms in total. The van der Waals surface area contributed by atoms with Gasteiger partial charge in [-0.05, 0) is 35.9 Å². The largest absolute Gasteiger partial charge is 0.479 e. The lowest BCUT2D eigenvalue weighted by Crippen LogP contribution is -2.33. The van der Waals surface area contributed by atoms with Gasteiger partial charge in [0.2, 0.25) is 0 Å². The van der Waals surface area contributed by atoms with Crippen LogP contribution in [0, 0.1) is 5.82 Å². The Morgan fingerprint density at radius 3 is 2.48 bits per heavy atom. The zero-order chi connectivity index (χ0) is 17.8. The van der Waals surface area contributed by atoms with Gasteiger partial charge in [-0.25, -0.2) is 9.18 Å². The Morgan fingerprint density at radius 1 is 1.08 bits per heavy atom. The van der Waals surface area contributed by atoms with E-state index < -0.39 is 23.7 Å². The molecular formula is C17H13FN4O3. The molecule has 2 aromatic carbocycles. The van der Waals surface area contributed by atoms with Crippen molar-refractivity contribution in [2.24, 2.45) is 0 Å². The van der Waals surface area contributed by atoms with Crippen molar-refractivity contribution in [3.05, 3.63) is 78.1 Å². The van der Waals surface area contributed by atoms with Crippen molar-refractivity contribution in [2.75, 3.05) is 0 Å². The molecule has 1 heterocycles. The molecule has 0 saturated carbocycles. The molecule has 1 amide bonds. The van der Waals surface area contributed by atoms with E-state index in [1.165, 1.54) is 30.9 Å². The van der Waals surface area contributed by atoms with Crippen molar-refractivity contribution in [3.8, 4) is 5.69 Å². The number of hydrogen-bond acceptors (Lipinski definition) is 4. The summed E-state index contributed by atoms with van der Waals surface area (Å²) in [4.78, 5) is 23.9. The minimum Gasteiger partial charge on any atom is -0.479 e. The molecule has 3 aromatic rings. The first-order valence-corrected chi connectivity index (χ1v) is 7.29. The number of carboxylic acid groups (broad SMARTS) is 1. The average Bonchev–Trinajstić information content (AvgIpc) is 3.14. The third-order valence-electron chi connectivity index (χ3n) is 3.53. The lowest BCUT2D eigenvalue weighted by molar-refractivity contribution is -0.139. The molecule has 0 unspecified atom stereocenters. The van der Waals surface area contributed by atoms with Crippen LogP contribution in [0.4, 0.5) is 4.39 Å². The molecule has 0 bridgehead atoms. The summed E-state index contributed by atoms with van der Waals surface area (Å²) in [5.41, 5.74) is 1.06. The van der Waals surface area contributed by atoms with Gasteiger partial charge in [0.05, 0.1) is 0 Å². The average molecular weight is 340 g/mol. The second-order valence-corrected chi connectivity index (χ2v) is 5.22. The number of carbonyl (C=O) groups excluding carboxylic acids is 1. The zero-order valence-electron chi connectivity index (χ0n) is 12.8. The number of nitrogens with one attached hydrogen (secondary N) is 1. The molecule has 8 heteroatoms. The Morgan fingerprint density at radius 2 is 1.80 bits per heavy atom. The van der Waals surface area contributed by atoms with Crippen LogP contribution in [0.3, 0.4) is 0 Å². The summed E-state index contributed by atoms with van der Waals surface area (Å²) in [6.45, 7) is 0. The van der Waals surface area contributed by atoms with Crippen molar-refractivity contribution in [1.82, 2.24) is 20.1 Å². The maximum atomic E-state index is 13.3. The molecule has 0 radical (unpaired) electrons. The predicted octanol–water partition coefficient (Wildman–Crippen LogP) is 1.96. The van der Waals surface area contributed by atoms with Crippen LogP contribution in [0.15, 0.2) is 61.2 Å². The summed E-state index contributed by atoms with van der Waals surface area (Å²) in [7, 11) is 0. The SMILES string of the molecule is O=C(N[C@@H](C(=O)O)c1cccc(F)c1)c1cccc(-n2cnnc2)c1. The fraction of sp³-hybridized carbons (Fsp3) is 0.0588. The summed E-state index contributed by atoms with van der Waals surface area (Å²) in [6, 6.07) is 10.3. The van der Waals surface area contributed by atoms with Crippen LogP contribution in [0.25, 0.3) is 5.69 Å². The van der Waals surface area contributed by atoms with E-state index in [0.29, 0.717) is 5.69 Å². The van der Waals surface area contributed by atoms with Crippen LogP contribution in [0.5, 0.6) is 0 Å². The highest BCUT2D eigenvalue weighted by atomic mass is 19.1. The standard InChI is InChI=1S/C17H13FN4O3/c18-13-5-1-3-11(7-13)15(17(24)25)21-16(23)12-4-2-6-14(8-12)22-9-19-20-10-22/h1-10,15H,(H,21,23)(H,24,25)/t15-/m1/s1. The third-order valence-corrected chi connectivity index (χ3v) is 3.53. The van der Waals surface area contributed by atoms with Crippen molar-refractivity contribution in [1.29, 1.82) is 0 Å². The van der Waals surface area contributed by atoms with Gasteiger partial charge >= 0.3 is 5.97 Å². The van der Waals surface area contributed by atoms with E-state index in [2.05, 4.69) is 15.5 Å². The Balaban J connectivity index is 1.85. The molecule has 0 spiro atoms. The molecule has 126 valence electrons. The molecule has 1 atom stereocenters. The van der Waals surface area contributed by atoms with Gasteiger partial charge in [-0.2, -0.15) is 0 Å². The van der Waals surface area contributed by atoms with Crippen molar-refractivity contribution in [3.63, 3.8) is 0 Å². The van der Waals surface area contributed by atoms with Crippen molar-refractivity contribution in [2.45, 2.75) is 6.04 Å². The Bertz CT molecular complexity index is 912. The van der Waals surface area contributed by atoms with E-state index in [9.17, 15) is 19.1 Å². The molecular weight excluding hydrogens is 327 g/mol. The summed E-state index contributed by atoms with van der Waals surface area (Å²) in [5.74, 6) is -2.45. The lowest BCUT2D eigenvalue weighted by Gasteiger charge is -2.15. The first kappa shape index (κ1) is 16.3. The van der Waals surface area contributed by atoms with Crippen molar-refractivity contribution < 1.29 is 19.1 Å². The number of aliphatic carboxylic acids is 1. The van der Waals surface area contributed by atoms with Gasteiger partial charge < -0.3 is 10.4 Å². The number of halogens is 1. The van der Waals surface area contributed by atoms with Crippen LogP contribution in [-0.4, -0.2) is 31.7 Å². The lowest BCUT2D eigenvalue weighted by atomic mass is 10.1. The summed E-state index contributed by atoms with van der Waals surface area (Å²) in [5, 5.41) is 19.1. The van der Waals surface area contributed by atoms with Crippen LogP contribution in [0.2, 0.25) is 0 Å². The number of rotatable bonds is 5. The Hall–Kier alpha value is -3.55. The minimum atomic E-state index is -1.36. The molecule has 3 rings (SSSR count). The second kappa shape index (κ2) is 6.91. The number of aromatic nitrogens is 3. The van der Waals surface area contributed by atoms with Gasteiger partial charge in [0.1, 0.15) is 18.5 Å². The number of amides is 1. The van der Waals surface area contributed by atoms with Crippen LogP contribution >= 0.6 is 0 Å². The van der Waals surface area contributed by atoms with Crippen LogP contribution < -0.4 is 5.32 Å². The highest BCUT2D eigenvalue weighted by Crippen LogP contribution is 2.16. The number of carbonyl (C=O) groups is 2. The number of benzene rings is 2. The molecule has 1 aromatic heterocycles. The molecule has 0 aliphatic rings.